The summed E-state index contributed by atoms with van der Waals surface area (Å²) in [7, 11) is 0. The average molecular weight is 300 g/mol. The minimum absolute atomic E-state index is 0.570. The summed E-state index contributed by atoms with van der Waals surface area (Å²) in [5, 5.41) is 1.08. The SMILES string of the molecule is CC(C)(C)OC(=O)N(ONc1ccccc1)c1ccccc1. The monoisotopic (exact) mass is 300 g/mol. The van der Waals surface area contributed by atoms with Crippen LogP contribution >= 0.6 is 0 Å². The molecule has 0 aliphatic heterocycles. The van der Waals surface area contributed by atoms with Gasteiger partial charge in [-0.3, -0.25) is 0 Å². The van der Waals surface area contributed by atoms with E-state index in [4.69, 9.17) is 9.68 Å². The molecule has 0 atom stereocenters. The molecule has 0 aromatic heterocycles. The van der Waals surface area contributed by atoms with Crippen LogP contribution in [0.2, 0.25) is 0 Å². The van der Waals surface area contributed by atoms with Gasteiger partial charge in [0.25, 0.3) is 0 Å². The summed E-state index contributed by atoms with van der Waals surface area (Å²) in [5.74, 6) is 0. The number of hydroxylamine groups is 1. The first kappa shape index (κ1) is 15.9. The van der Waals surface area contributed by atoms with E-state index < -0.39 is 11.7 Å². The summed E-state index contributed by atoms with van der Waals surface area (Å²) in [4.78, 5) is 17.7. The fourth-order valence-electron chi connectivity index (χ4n) is 1.67. The third kappa shape index (κ3) is 4.79. The quantitative estimate of drug-likeness (QED) is 0.851. The fourth-order valence-corrected chi connectivity index (χ4v) is 1.67. The van der Waals surface area contributed by atoms with Gasteiger partial charge in [0.15, 0.2) is 0 Å². The minimum Gasteiger partial charge on any atom is -0.442 e. The van der Waals surface area contributed by atoms with Crippen LogP contribution in [0.4, 0.5) is 16.2 Å². The summed E-state index contributed by atoms with van der Waals surface area (Å²) in [6.45, 7) is 5.41. The smallest absolute Gasteiger partial charge is 0.441 e. The summed E-state index contributed by atoms with van der Waals surface area (Å²) in [6, 6.07) is 18.3. The molecular formula is C17H20N2O3. The largest absolute Gasteiger partial charge is 0.442 e. The van der Waals surface area contributed by atoms with Crippen LogP contribution in [0, 0.1) is 0 Å². The highest BCUT2D eigenvalue weighted by Crippen LogP contribution is 2.19. The summed E-state index contributed by atoms with van der Waals surface area (Å²) in [6.07, 6.45) is -0.595. The summed E-state index contributed by atoms with van der Waals surface area (Å²) < 4.78 is 5.36. The molecule has 5 heteroatoms. The number of benzene rings is 2. The first-order chi connectivity index (χ1) is 10.5. The van der Waals surface area contributed by atoms with Gasteiger partial charge < -0.3 is 4.74 Å². The number of hydrogen-bond acceptors (Lipinski definition) is 4. The number of para-hydroxylation sites is 2. The molecule has 116 valence electrons. The summed E-state index contributed by atoms with van der Waals surface area (Å²) in [5.41, 5.74) is 3.42. The highest BCUT2D eigenvalue weighted by atomic mass is 16.8. The van der Waals surface area contributed by atoms with E-state index in [-0.39, 0.29) is 0 Å². The molecule has 0 radical (unpaired) electrons. The molecule has 0 unspecified atom stereocenters. The molecule has 2 aromatic rings. The molecule has 1 amide bonds. The topological polar surface area (TPSA) is 50.8 Å². The maximum Gasteiger partial charge on any atom is 0.441 e. The molecule has 5 nitrogen and oxygen atoms in total. The van der Waals surface area contributed by atoms with Crippen LogP contribution in [-0.2, 0) is 9.68 Å². The number of rotatable bonds is 4. The van der Waals surface area contributed by atoms with Crippen molar-refractivity contribution in [3.8, 4) is 0 Å². The Morgan fingerprint density at radius 1 is 0.955 bits per heavy atom. The molecule has 0 fully saturated rings. The normalized spacial score (nSPS) is 10.9. The minimum atomic E-state index is -0.611. The van der Waals surface area contributed by atoms with E-state index in [1.165, 1.54) is 0 Å². The second-order valence-corrected chi connectivity index (χ2v) is 5.67. The van der Waals surface area contributed by atoms with E-state index in [2.05, 4.69) is 5.48 Å². The van der Waals surface area contributed by atoms with Gasteiger partial charge in [0, 0.05) is 0 Å². The van der Waals surface area contributed by atoms with Crippen LogP contribution in [0.3, 0.4) is 0 Å². The Hall–Kier alpha value is -2.53. The van der Waals surface area contributed by atoms with E-state index >= 15 is 0 Å². The predicted molar refractivity (Wildman–Crippen MR) is 86.3 cm³/mol. The molecule has 22 heavy (non-hydrogen) atoms. The molecule has 2 aromatic carbocycles. The van der Waals surface area contributed by atoms with E-state index in [1.54, 1.807) is 32.9 Å². The van der Waals surface area contributed by atoms with Gasteiger partial charge in [0.2, 0.25) is 0 Å². The van der Waals surface area contributed by atoms with Gasteiger partial charge in [0.1, 0.15) is 5.60 Å². The van der Waals surface area contributed by atoms with E-state index in [1.807, 2.05) is 48.5 Å². The van der Waals surface area contributed by atoms with Crippen LogP contribution in [0.15, 0.2) is 60.7 Å². The molecular weight excluding hydrogens is 280 g/mol. The molecule has 0 bridgehead atoms. The van der Waals surface area contributed by atoms with Gasteiger partial charge in [-0.25, -0.2) is 10.3 Å². The Morgan fingerprint density at radius 3 is 2.05 bits per heavy atom. The van der Waals surface area contributed by atoms with Crippen molar-refractivity contribution in [1.29, 1.82) is 0 Å². The standard InChI is InChI=1S/C17H20N2O3/c1-17(2,3)21-16(20)19(15-12-8-5-9-13-15)22-18-14-10-6-4-7-11-14/h4-13,18H,1-3H3. The lowest BCUT2D eigenvalue weighted by Gasteiger charge is -2.26. The molecule has 0 spiro atoms. The Balaban J connectivity index is 2.13. The van der Waals surface area contributed by atoms with Gasteiger partial charge in [-0.2, -0.15) is 0 Å². The van der Waals surface area contributed by atoms with Crippen molar-refractivity contribution in [2.45, 2.75) is 26.4 Å². The van der Waals surface area contributed by atoms with Crippen molar-refractivity contribution in [2.24, 2.45) is 0 Å². The lowest BCUT2D eigenvalue weighted by molar-refractivity contribution is 0.0324. The maximum atomic E-state index is 12.3. The molecule has 0 saturated heterocycles. The Labute approximate surface area is 130 Å². The van der Waals surface area contributed by atoms with Crippen molar-refractivity contribution in [2.75, 3.05) is 10.5 Å². The number of ether oxygens (including phenoxy) is 1. The van der Waals surface area contributed by atoms with E-state index in [9.17, 15) is 4.79 Å². The van der Waals surface area contributed by atoms with Crippen molar-refractivity contribution in [1.82, 2.24) is 0 Å². The highest BCUT2D eigenvalue weighted by molar-refractivity contribution is 5.85. The second kappa shape index (κ2) is 6.95. The maximum absolute atomic E-state index is 12.3. The van der Waals surface area contributed by atoms with Crippen LogP contribution in [0.5, 0.6) is 0 Å². The number of amides is 1. The van der Waals surface area contributed by atoms with Crippen LogP contribution < -0.4 is 10.5 Å². The lowest BCUT2D eigenvalue weighted by Crippen LogP contribution is -2.38. The second-order valence-electron chi connectivity index (χ2n) is 5.67. The van der Waals surface area contributed by atoms with Gasteiger partial charge in [-0.05, 0) is 45.0 Å². The number of hydrogen-bond donors (Lipinski definition) is 1. The third-order valence-corrected chi connectivity index (χ3v) is 2.58. The zero-order chi connectivity index (χ0) is 16.0. The number of anilines is 2. The van der Waals surface area contributed by atoms with Gasteiger partial charge >= 0.3 is 6.09 Å². The van der Waals surface area contributed by atoms with Crippen LogP contribution in [0.1, 0.15) is 20.8 Å². The average Bonchev–Trinajstić information content (AvgIpc) is 2.48. The molecule has 0 saturated carbocycles. The van der Waals surface area contributed by atoms with Gasteiger partial charge in [-0.1, -0.05) is 36.4 Å². The zero-order valence-corrected chi connectivity index (χ0v) is 12.9. The van der Waals surface area contributed by atoms with Crippen molar-refractivity contribution in [3.05, 3.63) is 60.7 Å². The highest BCUT2D eigenvalue weighted by Gasteiger charge is 2.24. The molecule has 2 rings (SSSR count). The molecule has 0 heterocycles. The molecule has 1 N–H and O–H groups in total. The first-order valence-electron chi connectivity index (χ1n) is 7.02. The van der Waals surface area contributed by atoms with E-state index in [0.29, 0.717) is 5.69 Å². The Morgan fingerprint density at radius 2 is 1.50 bits per heavy atom. The summed E-state index contributed by atoms with van der Waals surface area (Å²) >= 11 is 0. The Kier molecular flexibility index (Phi) is 5.01. The number of carbonyl (C=O) groups excluding carboxylic acids is 1. The van der Waals surface area contributed by atoms with Crippen molar-refractivity contribution < 1.29 is 14.5 Å². The van der Waals surface area contributed by atoms with Crippen LogP contribution in [0.25, 0.3) is 0 Å². The fraction of sp³-hybridized carbons (Fsp3) is 0.235. The van der Waals surface area contributed by atoms with E-state index in [0.717, 1.165) is 10.8 Å². The number of nitrogens with zero attached hydrogens (tertiary/aromatic N) is 1. The van der Waals surface area contributed by atoms with Gasteiger partial charge in [0.05, 0.1) is 11.4 Å². The number of nitrogens with one attached hydrogen (secondary N) is 1. The van der Waals surface area contributed by atoms with Crippen LogP contribution in [-0.4, -0.2) is 11.7 Å². The number of carbonyl (C=O) groups is 1. The lowest BCUT2D eigenvalue weighted by atomic mass is 10.2. The Bertz CT molecular complexity index is 594. The van der Waals surface area contributed by atoms with Crippen molar-refractivity contribution >= 4 is 17.5 Å². The molecule has 0 aliphatic carbocycles. The third-order valence-electron chi connectivity index (χ3n) is 2.58. The van der Waals surface area contributed by atoms with Gasteiger partial charge in [-0.15, -0.1) is 10.0 Å². The first-order valence-corrected chi connectivity index (χ1v) is 7.02. The molecule has 0 aliphatic rings. The predicted octanol–water partition coefficient (Wildman–Crippen LogP) is 4.39. The zero-order valence-electron chi connectivity index (χ0n) is 12.9. The van der Waals surface area contributed by atoms with Crippen molar-refractivity contribution in [3.63, 3.8) is 0 Å².